The Balaban J connectivity index is 1.50. The molecule has 216 valence electrons. The molecule has 0 bridgehead atoms. The number of sulfone groups is 1. The summed E-state index contributed by atoms with van der Waals surface area (Å²) in [5.74, 6) is 0.402. The van der Waals surface area contributed by atoms with Crippen molar-refractivity contribution >= 4 is 38.0 Å². The normalized spacial score (nSPS) is 17.0. The third kappa shape index (κ3) is 5.16. The van der Waals surface area contributed by atoms with Crippen LogP contribution in [-0.4, -0.2) is 69.8 Å². The molecule has 1 saturated heterocycles. The van der Waals surface area contributed by atoms with Gasteiger partial charge in [-0.2, -0.15) is 9.49 Å². The van der Waals surface area contributed by atoms with Gasteiger partial charge in [-0.15, -0.1) is 0 Å². The summed E-state index contributed by atoms with van der Waals surface area (Å²) in [5, 5.41) is 5.49. The molecule has 0 N–H and O–H groups in total. The first kappa shape index (κ1) is 28.0. The van der Waals surface area contributed by atoms with Gasteiger partial charge in [-0.25, -0.2) is 23.1 Å². The Hall–Kier alpha value is -4.16. The third-order valence-electron chi connectivity index (χ3n) is 7.59. The molecule has 13 heteroatoms. The van der Waals surface area contributed by atoms with Crippen LogP contribution < -0.4 is 9.64 Å². The van der Waals surface area contributed by atoms with Crippen molar-refractivity contribution in [3.8, 4) is 34.1 Å². The Labute approximate surface area is 247 Å². The molecule has 0 amide bonds. The lowest BCUT2D eigenvalue weighted by molar-refractivity contribution is 0.341. The van der Waals surface area contributed by atoms with Crippen molar-refractivity contribution < 1.29 is 17.5 Å². The minimum Gasteiger partial charge on any atom is -0.496 e. The Morgan fingerprint density at radius 2 is 1.86 bits per heavy atom. The standard InChI is InChI=1S/C29H27ClFN7O3S/c1-16-21-13-33-38(25(21)11-24(34-16)22-12-32-8-7-26(22)41-3)28-10-19(37-14-18(17(37)2)15-42(4,39)40)9-23(35-28)20-5-6-27(30)36-29(20)31/h5-13,17-18H,14-15H2,1-4H3/t17-,18-/m1/s1. The van der Waals surface area contributed by atoms with Gasteiger partial charge in [-0.3, -0.25) is 9.97 Å². The predicted octanol–water partition coefficient (Wildman–Crippen LogP) is 4.92. The number of hydrogen-bond acceptors (Lipinski definition) is 9. The highest BCUT2D eigenvalue weighted by Crippen LogP contribution is 2.37. The lowest BCUT2D eigenvalue weighted by atomic mass is 9.91. The Morgan fingerprint density at radius 1 is 1.07 bits per heavy atom. The van der Waals surface area contributed by atoms with E-state index in [1.165, 1.54) is 18.4 Å². The maximum absolute atomic E-state index is 15.0. The number of ether oxygens (including phenoxy) is 1. The van der Waals surface area contributed by atoms with E-state index in [0.29, 0.717) is 29.5 Å². The van der Waals surface area contributed by atoms with Crippen molar-refractivity contribution in [3.05, 3.63) is 71.8 Å². The van der Waals surface area contributed by atoms with E-state index in [-0.39, 0.29) is 28.4 Å². The zero-order valence-corrected chi connectivity index (χ0v) is 24.9. The van der Waals surface area contributed by atoms with Crippen LogP contribution in [0.1, 0.15) is 12.6 Å². The number of rotatable bonds is 7. The van der Waals surface area contributed by atoms with Crippen molar-refractivity contribution in [2.24, 2.45) is 5.92 Å². The van der Waals surface area contributed by atoms with E-state index in [9.17, 15) is 8.42 Å². The minimum absolute atomic E-state index is 0.0229. The van der Waals surface area contributed by atoms with Gasteiger partial charge in [-0.05, 0) is 44.2 Å². The molecule has 10 nitrogen and oxygen atoms in total. The molecule has 0 unspecified atom stereocenters. The van der Waals surface area contributed by atoms with Crippen LogP contribution in [0.5, 0.6) is 5.75 Å². The van der Waals surface area contributed by atoms with Gasteiger partial charge in [0.25, 0.3) is 0 Å². The molecule has 42 heavy (non-hydrogen) atoms. The fraction of sp³-hybridized carbons (Fsp3) is 0.276. The van der Waals surface area contributed by atoms with E-state index >= 15 is 4.39 Å². The highest BCUT2D eigenvalue weighted by atomic mass is 35.5. The van der Waals surface area contributed by atoms with Crippen molar-refractivity contribution in [2.45, 2.75) is 19.9 Å². The SMILES string of the molecule is COc1ccncc1-c1cc2c(cnn2-c2cc(N3C[C@H](CS(C)(=O)=O)[C@H]3C)cc(-c3ccc(Cl)nc3F)n2)c(C)n1. The lowest BCUT2D eigenvalue weighted by Crippen LogP contribution is -2.57. The highest BCUT2D eigenvalue weighted by molar-refractivity contribution is 7.90. The summed E-state index contributed by atoms with van der Waals surface area (Å²) in [6.45, 7) is 4.41. The molecule has 0 aromatic carbocycles. The van der Waals surface area contributed by atoms with Gasteiger partial charge in [0.05, 0.1) is 47.1 Å². The van der Waals surface area contributed by atoms with E-state index in [0.717, 1.165) is 27.8 Å². The summed E-state index contributed by atoms with van der Waals surface area (Å²) in [6.07, 6.45) is 6.31. The maximum Gasteiger partial charge on any atom is 0.223 e. The average molecular weight is 608 g/mol. The largest absolute Gasteiger partial charge is 0.496 e. The molecule has 0 saturated carbocycles. The van der Waals surface area contributed by atoms with Gasteiger partial charge in [0.2, 0.25) is 5.95 Å². The number of halogens is 2. The van der Waals surface area contributed by atoms with Gasteiger partial charge >= 0.3 is 0 Å². The van der Waals surface area contributed by atoms with Crippen LogP contribution in [-0.2, 0) is 9.84 Å². The smallest absolute Gasteiger partial charge is 0.223 e. The second kappa shape index (κ2) is 10.6. The summed E-state index contributed by atoms with van der Waals surface area (Å²) in [4.78, 5) is 19.7. The van der Waals surface area contributed by atoms with Crippen molar-refractivity contribution in [1.29, 1.82) is 0 Å². The molecular formula is C29H27ClFN7O3S. The van der Waals surface area contributed by atoms with Crippen molar-refractivity contribution in [2.75, 3.05) is 30.6 Å². The first-order valence-corrected chi connectivity index (χ1v) is 15.6. The molecule has 1 fully saturated rings. The molecule has 0 spiro atoms. The average Bonchev–Trinajstić information content (AvgIpc) is 3.39. The van der Waals surface area contributed by atoms with Crippen LogP contribution >= 0.6 is 11.6 Å². The fourth-order valence-electron chi connectivity index (χ4n) is 5.38. The van der Waals surface area contributed by atoms with Gasteiger partial charge in [0.1, 0.15) is 20.7 Å². The molecule has 5 aromatic rings. The summed E-state index contributed by atoms with van der Waals surface area (Å²) >= 11 is 5.92. The van der Waals surface area contributed by atoms with Crippen LogP contribution in [0.3, 0.4) is 0 Å². The second-order valence-electron chi connectivity index (χ2n) is 10.4. The number of fused-ring (bicyclic) bond motifs is 1. The number of aryl methyl sites for hydroxylation is 1. The van der Waals surface area contributed by atoms with Crippen LogP contribution in [0, 0.1) is 18.8 Å². The van der Waals surface area contributed by atoms with Gasteiger partial charge < -0.3 is 9.64 Å². The second-order valence-corrected chi connectivity index (χ2v) is 13.0. The monoisotopic (exact) mass is 607 g/mol. The Morgan fingerprint density at radius 3 is 2.57 bits per heavy atom. The van der Waals surface area contributed by atoms with E-state index < -0.39 is 15.8 Å². The van der Waals surface area contributed by atoms with Crippen LogP contribution in [0.15, 0.2) is 55.0 Å². The summed E-state index contributed by atoms with van der Waals surface area (Å²) in [5.41, 5.74) is 4.14. The number of methoxy groups -OCH3 is 1. The molecule has 5 aromatic heterocycles. The number of pyridine rings is 4. The van der Waals surface area contributed by atoms with Crippen LogP contribution in [0.4, 0.5) is 10.1 Å². The molecule has 6 rings (SSSR count). The van der Waals surface area contributed by atoms with Crippen molar-refractivity contribution in [3.63, 3.8) is 0 Å². The summed E-state index contributed by atoms with van der Waals surface area (Å²) in [7, 11) is -1.54. The number of anilines is 1. The molecule has 1 aliphatic heterocycles. The molecule has 2 atom stereocenters. The minimum atomic E-state index is -3.13. The first-order chi connectivity index (χ1) is 20.0. The van der Waals surface area contributed by atoms with E-state index in [2.05, 4.69) is 20.0 Å². The number of nitrogens with zero attached hydrogens (tertiary/aromatic N) is 7. The topological polar surface area (TPSA) is 116 Å². The van der Waals surface area contributed by atoms with Crippen LogP contribution in [0.2, 0.25) is 5.15 Å². The van der Waals surface area contributed by atoms with Crippen molar-refractivity contribution in [1.82, 2.24) is 29.7 Å². The summed E-state index contributed by atoms with van der Waals surface area (Å²) < 4.78 is 46.1. The number of aromatic nitrogens is 6. The lowest BCUT2D eigenvalue weighted by Gasteiger charge is -2.48. The maximum atomic E-state index is 15.0. The highest BCUT2D eigenvalue weighted by Gasteiger charge is 2.38. The van der Waals surface area contributed by atoms with Gasteiger partial charge in [-0.1, -0.05) is 11.6 Å². The van der Waals surface area contributed by atoms with E-state index in [4.69, 9.17) is 26.3 Å². The van der Waals surface area contributed by atoms with Crippen LogP contribution in [0.25, 0.3) is 39.2 Å². The Bertz CT molecular complexity index is 1950. The Kier molecular flexibility index (Phi) is 7.06. The predicted molar refractivity (Wildman–Crippen MR) is 159 cm³/mol. The molecule has 1 aliphatic rings. The molecule has 6 heterocycles. The quantitative estimate of drug-likeness (QED) is 0.238. The molecule has 0 radical (unpaired) electrons. The van der Waals surface area contributed by atoms with Gasteiger partial charge in [0, 0.05) is 60.0 Å². The fourth-order valence-corrected chi connectivity index (χ4v) is 6.68. The first-order valence-electron chi connectivity index (χ1n) is 13.2. The zero-order valence-electron chi connectivity index (χ0n) is 23.3. The van der Waals surface area contributed by atoms with E-state index in [1.807, 2.05) is 26.0 Å². The molecular weight excluding hydrogens is 581 g/mol. The number of hydrogen-bond donors (Lipinski definition) is 0. The van der Waals surface area contributed by atoms with Gasteiger partial charge in [0.15, 0.2) is 5.82 Å². The molecule has 0 aliphatic carbocycles. The zero-order chi connectivity index (χ0) is 29.8. The third-order valence-corrected chi connectivity index (χ3v) is 8.84. The summed E-state index contributed by atoms with van der Waals surface area (Å²) in [6, 6.07) is 10.3. The van der Waals surface area contributed by atoms with E-state index in [1.54, 1.807) is 42.5 Å².